The molecule has 0 spiro atoms. The van der Waals surface area contributed by atoms with Crippen molar-refractivity contribution in [3.63, 3.8) is 0 Å². The SMILES string of the molecule is C1COC[C@H](C2CC2)N1.Cl. The minimum atomic E-state index is 0. The van der Waals surface area contributed by atoms with Crippen LogP contribution in [0.5, 0.6) is 0 Å². The molecule has 0 bridgehead atoms. The maximum atomic E-state index is 5.32. The zero-order valence-electron chi connectivity index (χ0n) is 6.01. The Morgan fingerprint density at radius 3 is 2.60 bits per heavy atom. The second-order valence-corrected chi connectivity index (χ2v) is 2.97. The monoisotopic (exact) mass is 163 g/mol. The van der Waals surface area contributed by atoms with Gasteiger partial charge < -0.3 is 10.1 Å². The maximum absolute atomic E-state index is 5.32. The van der Waals surface area contributed by atoms with Gasteiger partial charge in [-0.25, -0.2) is 0 Å². The van der Waals surface area contributed by atoms with Crippen molar-refractivity contribution in [2.24, 2.45) is 5.92 Å². The molecule has 60 valence electrons. The van der Waals surface area contributed by atoms with Gasteiger partial charge in [0.05, 0.1) is 13.2 Å². The summed E-state index contributed by atoms with van der Waals surface area (Å²) in [6, 6.07) is 0.693. The Morgan fingerprint density at radius 2 is 2.10 bits per heavy atom. The number of ether oxygens (including phenoxy) is 1. The summed E-state index contributed by atoms with van der Waals surface area (Å²) in [4.78, 5) is 0. The average molecular weight is 164 g/mol. The van der Waals surface area contributed by atoms with Gasteiger partial charge >= 0.3 is 0 Å². The minimum absolute atomic E-state index is 0. The van der Waals surface area contributed by atoms with E-state index in [0.29, 0.717) is 6.04 Å². The molecule has 0 radical (unpaired) electrons. The van der Waals surface area contributed by atoms with Crippen molar-refractivity contribution in [3.05, 3.63) is 0 Å². The van der Waals surface area contributed by atoms with E-state index in [1.54, 1.807) is 0 Å². The fourth-order valence-electron chi connectivity index (χ4n) is 1.39. The maximum Gasteiger partial charge on any atom is 0.0622 e. The Balaban J connectivity index is 0.000000500. The van der Waals surface area contributed by atoms with E-state index in [-0.39, 0.29) is 12.4 Å². The highest BCUT2D eigenvalue weighted by atomic mass is 35.5. The number of morpholine rings is 1. The predicted molar refractivity (Wildman–Crippen MR) is 42.6 cm³/mol. The Hall–Kier alpha value is 0.210. The molecule has 1 aliphatic heterocycles. The van der Waals surface area contributed by atoms with Crippen molar-refractivity contribution in [1.82, 2.24) is 5.32 Å². The second kappa shape index (κ2) is 3.56. The first kappa shape index (κ1) is 8.31. The molecule has 1 saturated heterocycles. The molecular weight excluding hydrogens is 150 g/mol. The first-order valence-corrected chi connectivity index (χ1v) is 3.78. The van der Waals surface area contributed by atoms with Gasteiger partial charge in [0.1, 0.15) is 0 Å². The largest absolute Gasteiger partial charge is 0.379 e. The fraction of sp³-hybridized carbons (Fsp3) is 1.00. The lowest BCUT2D eigenvalue weighted by atomic mass is 10.2. The predicted octanol–water partition coefficient (Wildman–Crippen LogP) is 0.807. The summed E-state index contributed by atoms with van der Waals surface area (Å²) in [5.41, 5.74) is 0. The lowest BCUT2D eigenvalue weighted by Crippen LogP contribution is -2.42. The van der Waals surface area contributed by atoms with Crippen LogP contribution in [0.1, 0.15) is 12.8 Å². The molecule has 2 nitrogen and oxygen atoms in total. The molecule has 2 fully saturated rings. The molecule has 3 heteroatoms. The smallest absolute Gasteiger partial charge is 0.0622 e. The fourth-order valence-corrected chi connectivity index (χ4v) is 1.39. The Kier molecular flexibility index (Phi) is 2.96. The van der Waals surface area contributed by atoms with Gasteiger partial charge in [0.15, 0.2) is 0 Å². The molecule has 0 unspecified atom stereocenters. The van der Waals surface area contributed by atoms with Crippen LogP contribution >= 0.6 is 12.4 Å². The molecule has 0 amide bonds. The number of rotatable bonds is 1. The molecule has 1 atom stereocenters. The zero-order valence-corrected chi connectivity index (χ0v) is 6.82. The number of halogens is 1. The summed E-state index contributed by atoms with van der Waals surface area (Å²) in [7, 11) is 0. The van der Waals surface area contributed by atoms with E-state index in [2.05, 4.69) is 5.32 Å². The lowest BCUT2D eigenvalue weighted by Gasteiger charge is -2.23. The van der Waals surface area contributed by atoms with E-state index in [9.17, 15) is 0 Å². The Bertz CT molecular complexity index is 99.8. The molecule has 1 N–H and O–H groups in total. The van der Waals surface area contributed by atoms with Crippen molar-refractivity contribution in [1.29, 1.82) is 0 Å². The zero-order chi connectivity index (χ0) is 6.10. The van der Waals surface area contributed by atoms with Gasteiger partial charge in [-0.3, -0.25) is 0 Å². The van der Waals surface area contributed by atoms with Crippen LogP contribution in [0.4, 0.5) is 0 Å². The highest BCUT2D eigenvalue weighted by molar-refractivity contribution is 5.85. The van der Waals surface area contributed by atoms with Gasteiger partial charge in [0, 0.05) is 12.6 Å². The van der Waals surface area contributed by atoms with Crippen LogP contribution < -0.4 is 5.32 Å². The molecule has 10 heavy (non-hydrogen) atoms. The van der Waals surface area contributed by atoms with Gasteiger partial charge in [-0.1, -0.05) is 0 Å². The van der Waals surface area contributed by atoms with Crippen molar-refractivity contribution < 1.29 is 4.74 Å². The van der Waals surface area contributed by atoms with E-state index in [1.807, 2.05) is 0 Å². The molecular formula is C7H14ClNO. The summed E-state index contributed by atoms with van der Waals surface area (Å²) in [5, 5.41) is 3.46. The quantitative estimate of drug-likeness (QED) is 0.618. The van der Waals surface area contributed by atoms with E-state index in [4.69, 9.17) is 4.74 Å². The summed E-state index contributed by atoms with van der Waals surface area (Å²) >= 11 is 0. The molecule has 2 aliphatic rings. The van der Waals surface area contributed by atoms with E-state index < -0.39 is 0 Å². The van der Waals surface area contributed by atoms with Gasteiger partial charge in [-0.05, 0) is 18.8 Å². The van der Waals surface area contributed by atoms with Crippen molar-refractivity contribution in [2.45, 2.75) is 18.9 Å². The second-order valence-electron chi connectivity index (χ2n) is 2.97. The van der Waals surface area contributed by atoms with E-state index in [0.717, 1.165) is 25.7 Å². The van der Waals surface area contributed by atoms with Crippen molar-refractivity contribution in [2.75, 3.05) is 19.8 Å². The average Bonchev–Trinajstić information content (AvgIpc) is 2.71. The molecule has 1 aliphatic carbocycles. The normalized spacial score (nSPS) is 33.0. The number of nitrogens with one attached hydrogen (secondary N) is 1. The first-order valence-electron chi connectivity index (χ1n) is 3.78. The topological polar surface area (TPSA) is 21.3 Å². The molecule has 0 aromatic rings. The van der Waals surface area contributed by atoms with Crippen LogP contribution in [-0.2, 0) is 4.74 Å². The van der Waals surface area contributed by atoms with Gasteiger partial charge in [-0.2, -0.15) is 0 Å². The van der Waals surface area contributed by atoms with E-state index in [1.165, 1.54) is 12.8 Å². The van der Waals surface area contributed by atoms with E-state index >= 15 is 0 Å². The third-order valence-corrected chi connectivity index (χ3v) is 2.14. The van der Waals surface area contributed by atoms with Gasteiger partial charge in [0.2, 0.25) is 0 Å². The van der Waals surface area contributed by atoms with Gasteiger partial charge in [-0.15, -0.1) is 12.4 Å². The van der Waals surface area contributed by atoms with Crippen molar-refractivity contribution in [3.8, 4) is 0 Å². The molecule has 0 aromatic carbocycles. The third kappa shape index (κ3) is 1.84. The highest BCUT2D eigenvalue weighted by Gasteiger charge is 2.31. The standard InChI is InChI=1S/C7H13NO.ClH/c1-2-6(1)7-5-9-4-3-8-7;/h6-8H,1-5H2;1H/t7-;/m1./s1. The molecule has 0 aromatic heterocycles. The third-order valence-electron chi connectivity index (χ3n) is 2.14. The Morgan fingerprint density at radius 1 is 1.30 bits per heavy atom. The first-order chi connectivity index (χ1) is 4.47. The molecule has 2 rings (SSSR count). The lowest BCUT2D eigenvalue weighted by molar-refractivity contribution is 0.0701. The summed E-state index contributed by atoms with van der Waals surface area (Å²) in [6.07, 6.45) is 2.84. The van der Waals surface area contributed by atoms with Crippen LogP contribution in [0, 0.1) is 5.92 Å². The Labute approximate surface area is 67.7 Å². The molecule has 1 heterocycles. The van der Waals surface area contributed by atoms with Crippen LogP contribution in [0.2, 0.25) is 0 Å². The summed E-state index contributed by atoms with van der Waals surface area (Å²) in [6.45, 7) is 2.91. The minimum Gasteiger partial charge on any atom is -0.379 e. The number of hydrogen-bond acceptors (Lipinski definition) is 2. The number of hydrogen-bond donors (Lipinski definition) is 1. The van der Waals surface area contributed by atoms with Gasteiger partial charge in [0.25, 0.3) is 0 Å². The van der Waals surface area contributed by atoms with Crippen LogP contribution in [0.15, 0.2) is 0 Å². The van der Waals surface area contributed by atoms with Crippen LogP contribution in [0.25, 0.3) is 0 Å². The van der Waals surface area contributed by atoms with Crippen molar-refractivity contribution >= 4 is 12.4 Å². The molecule has 1 saturated carbocycles. The van der Waals surface area contributed by atoms with Crippen LogP contribution in [0.3, 0.4) is 0 Å². The summed E-state index contributed by atoms with van der Waals surface area (Å²) in [5.74, 6) is 0.949. The summed E-state index contributed by atoms with van der Waals surface area (Å²) < 4.78 is 5.32. The highest BCUT2D eigenvalue weighted by Crippen LogP contribution is 2.33. The van der Waals surface area contributed by atoms with Crippen LogP contribution in [-0.4, -0.2) is 25.8 Å².